The molecule has 38 heavy (non-hydrogen) atoms. The third-order valence-electron chi connectivity index (χ3n) is 6.84. The molecular formula is C29H22ClF3N4O. The highest BCUT2D eigenvalue weighted by atomic mass is 35.5. The van der Waals surface area contributed by atoms with Gasteiger partial charge in [0.25, 0.3) is 5.91 Å². The minimum atomic E-state index is -4.63. The molecule has 4 aromatic rings. The Hall–Kier alpha value is -4.09. The fourth-order valence-electron chi connectivity index (χ4n) is 4.83. The lowest BCUT2D eigenvalue weighted by atomic mass is 10.00. The van der Waals surface area contributed by atoms with Crippen LogP contribution in [-0.2, 0) is 6.18 Å². The topological polar surface area (TPSA) is 61.9 Å². The van der Waals surface area contributed by atoms with Crippen molar-refractivity contribution in [1.29, 1.82) is 5.26 Å². The zero-order valence-electron chi connectivity index (χ0n) is 20.1. The van der Waals surface area contributed by atoms with Gasteiger partial charge in [0.1, 0.15) is 0 Å². The number of carbonyl (C=O) groups excluding carboxylic acids is 1. The maximum absolute atomic E-state index is 13.2. The van der Waals surface area contributed by atoms with Crippen LogP contribution in [0.2, 0.25) is 5.02 Å². The Kier molecular flexibility index (Phi) is 6.96. The van der Waals surface area contributed by atoms with Crippen molar-refractivity contribution in [1.82, 2.24) is 14.5 Å². The molecule has 0 aliphatic carbocycles. The van der Waals surface area contributed by atoms with E-state index in [2.05, 4.69) is 15.6 Å². The first-order chi connectivity index (χ1) is 18.2. The van der Waals surface area contributed by atoms with E-state index in [1.54, 1.807) is 23.5 Å². The number of carbonyl (C=O) groups is 1. The number of benzene rings is 3. The number of piperidine rings is 1. The average molecular weight is 535 g/mol. The normalized spacial score (nSPS) is 14.3. The molecule has 0 unspecified atom stereocenters. The molecule has 1 amide bonds. The Morgan fingerprint density at radius 3 is 2.37 bits per heavy atom. The third-order valence-corrected chi connectivity index (χ3v) is 7.17. The van der Waals surface area contributed by atoms with E-state index in [0.29, 0.717) is 31.5 Å². The predicted octanol–water partition coefficient (Wildman–Crippen LogP) is 7.24. The van der Waals surface area contributed by atoms with E-state index in [-0.39, 0.29) is 11.6 Å². The third kappa shape index (κ3) is 5.15. The molecule has 1 aliphatic heterocycles. The second-order valence-corrected chi connectivity index (χ2v) is 9.58. The van der Waals surface area contributed by atoms with Crippen LogP contribution in [0.15, 0.2) is 79.3 Å². The van der Waals surface area contributed by atoms with Gasteiger partial charge in [0, 0.05) is 24.7 Å². The van der Waals surface area contributed by atoms with E-state index in [4.69, 9.17) is 16.9 Å². The van der Waals surface area contributed by atoms with Crippen LogP contribution in [0.1, 0.15) is 40.4 Å². The van der Waals surface area contributed by atoms with E-state index in [1.165, 1.54) is 6.07 Å². The molecule has 3 aromatic carbocycles. The van der Waals surface area contributed by atoms with Crippen molar-refractivity contribution in [3.8, 4) is 28.5 Å². The molecular weight excluding hydrogens is 513 g/mol. The molecule has 1 saturated heterocycles. The fourth-order valence-corrected chi connectivity index (χ4v) is 5.05. The van der Waals surface area contributed by atoms with Crippen molar-refractivity contribution in [2.75, 3.05) is 13.1 Å². The van der Waals surface area contributed by atoms with Crippen LogP contribution >= 0.6 is 11.6 Å². The Labute approximate surface area is 222 Å². The van der Waals surface area contributed by atoms with Gasteiger partial charge < -0.3 is 9.47 Å². The summed E-state index contributed by atoms with van der Waals surface area (Å²) >= 11 is 5.70. The number of halogens is 4. The number of rotatable bonds is 4. The number of nitriles is 1. The number of likely N-dealkylation sites (tertiary alicyclic amines) is 1. The Morgan fingerprint density at radius 2 is 1.68 bits per heavy atom. The van der Waals surface area contributed by atoms with Gasteiger partial charge in [-0.25, -0.2) is 4.98 Å². The molecule has 1 aromatic heterocycles. The highest BCUT2D eigenvalue weighted by Crippen LogP contribution is 2.36. The van der Waals surface area contributed by atoms with Crippen molar-refractivity contribution >= 4 is 17.5 Å². The molecule has 192 valence electrons. The van der Waals surface area contributed by atoms with Gasteiger partial charge >= 0.3 is 6.18 Å². The van der Waals surface area contributed by atoms with Crippen molar-refractivity contribution < 1.29 is 18.0 Å². The first-order valence-electron chi connectivity index (χ1n) is 12.0. The summed E-state index contributed by atoms with van der Waals surface area (Å²) in [5.41, 5.74) is 3.47. The molecule has 0 bridgehead atoms. The quantitative estimate of drug-likeness (QED) is 0.277. The SMILES string of the molecule is N#Cc1cccc(-c2ccc(-c3cncn3C3CCN(C(=O)c4ccc(Cl)c(C(F)(F)F)c4)CC3)cc2)c1. The summed E-state index contributed by atoms with van der Waals surface area (Å²) in [7, 11) is 0. The lowest BCUT2D eigenvalue weighted by molar-refractivity contribution is -0.137. The van der Waals surface area contributed by atoms with Gasteiger partial charge in [-0.15, -0.1) is 0 Å². The predicted molar refractivity (Wildman–Crippen MR) is 138 cm³/mol. The molecule has 2 heterocycles. The van der Waals surface area contributed by atoms with Gasteiger partial charge in [-0.3, -0.25) is 4.79 Å². The highest BCUT2D eigenvalue weighted by Gasteiger charge is 2.34. The standard InChI is InChI=1S/C29H22ClF3N4O/c30-26-9-8-23(15-25(26)29(31,32)33)28(38)36-12-10-24(11-13-36)37-18-35-17-27(37)21-6-4-20(5-7-21)22-3-1-2-19(14-22)16-34/h1-9,14-15,17-18,24H,10-13H2. The minimum Gasteiger partial charge on any atom is -0.338 e. The van der Waals surface area contributed by atoms with E-state index >= 15 is 0 Å². The van der Waals surface area contributed by atoms with E-state index < -0.39 is 22.7 Å². The smallest absolute Gasteiger partial charge is 0.338 e. The largest absolute Gasteiger partial charge is 0.417 e. The van der Waals surface area contributed by atoms with Crippen LogP contribution in [-0.4, -0.2) is 33.4 Å². The van der Waals surface area contributed by atoms with E-state index in [0.717, 1.165) is 34.5 Å². The van der Waals surface area contributed by atoms with Gasteiger partial charge in [0.2, 0.25) is 0 Å². The molecule has 0 N–H and O–H groups in total. The Bertz CT molecular complexity index is 1510. The van der Waals surface area contributed by atoms with Gasteiger partial charge in [-0.1, -0.05) is 48.0 Å². The van der Waals surface area contributed by atoms with Crippen molar-refractivity contribution in [2.24, 2.45) is 0 Å². The summed E-state index contributed by atoms with van der Waals surface area (Å²) in [4.78, 5) is 18.9. The summed E-state index contributed by atoms with van der Waals surface area (Å²) in [6.45, 7) is 0.832. The number of hydrogen-bond donors (Lipinski definition) is 0. The summed E-state index contributed by atoms with van der Waals surface area (Å²) in [6, 6.07) is 21.0. The zero-order chi connectivity index (χ0) is 26.9. The molecule has 5 rings (SSSR count). The molecule has 1 fully saturated rings. The van der Waals surface area contributed by atoms with E-state index in [9.17, 15) is 18.0 Å². The van der Waals surface area contributed by atoms with Crippen molar-refractivity contribution in [2.45, 2.75) is 25.1 Å². The van der Waals surface area contributed by atoms with Crippen LogP contribution in [0, 0.1) is 11.3 Å². The summed E-state index contributed by atoms with van der Waals surface area (Å²) in [6.07, 6.45) is 0.241. The molecule has 0 atom stereocenters. The van der Waals surface area contributed by atoms with Crippen LogP contribution < -0.4 is 0 Å². The summed E-state index contributed by atoms with van der Waals surface area (Å²) in [5.74, 6) is -0.437. The molecule has 0 saturated carbocycles. The van der Waals surface area contributed by atoms with Crippen LogP contribution in [0.4, 0.5) is 13.2 Å². The maximum Gasteiger partial charge on any atom is 0.417 e. The number of nitrogens with zero attached hydrogens (tertiary/aromatic N) is 4. The molecule has 0 spiro atoms. The maximum atomic E-state index is 13.2. The second-order valence-electron chi connectivity index (χ2n) is 9.17. The zero-order valence-corrected chi connectivity index (χ0v) is 20.9. The number of hydrogen-bond acceptors (Lipinski definition) is 3. The van der Waals surface area contributed by atoms with Gasteiger partial charge in [-0.05, 0) is 59.9 Å². The number of alkyl halides is 3. The number of aromatic nitrogens is 2. The van der Waals surface area contributed by atoms with Crippen molar-refractivity contribution in [3.63, 3.8) is 0 Å². The molecule has 1 aliphatic rings. The van der Waals surface area contributed by atoms with Gasteiger partial charge in [-0.2, -0.15) is 18.4 Å². The highest BCUT2D eigenvalue weighted by molar-refractivity contribution is 6.31. The molecule has 9 heteroatoms. The number of imidazole rings is 1. The van der Waals surface area contributed by atoms with E-state index in [1.807, 2.05) is 42.5 Å². The van der Waals surface area contributed by atoms with Crippen LogP contribution in [0.5, 0.6) is 0 Å². The second kappa shape index (κ2) is 10.3. The average Bonchev–Trinajstić information content (AvgIpc) is 3.42. The lowest BCUT2D eigenvalue weighted by Crippen LogP contribution is -2.39. The number of amides is 1. The monoisotopic (exact) mass is 534 g/mol. The molecule has 0 radical (unpaired) electrons. The molecule has 5 nitrogen and oxygen atoms in total. The first-order valence-corrected chi connectivity index (χ1v) is 12.4. The lowest BCUT2D eigenvalue weighted by Gasteiger charge is -2.33. The Balaban J connectivity index is 1.28. The first kappa shape index (κ1) is 25.6. The van der Waals surface area contributed by atoms with Crippen LogP contribution in [0.3, 0.4) is 0 Å². The Morgan fingerprint density at radius 1 is 0.974 bits per heavy atom. The van der Waals surface area contributed by atoms with Crippen molar-refractivity contribution in [3.05, 3.63) is 101 Å². The fraction of sp³-hybridized carbons (Fsp3) is 0.207. The van der Waals surface area contributed by atoms with Gasteiger partial charge in [0.15, 0.2) is 0 Å². The minimum absolute atomic E-state index is 0.0242. The van der Waals surface area contributed by atoms with Gasteiger partial charge in [0.05, 0.1) is 40.4 Å². The summed E-state index contributed by atoms with van der Waals surface area (Å²) in [5, 5.41) is 8.73. The summed E-state index contributed by atoms with van der Waals surface area (Å²) < 4.78 is 41.8. The van der Waals surface area contributed by atoms with Crippen LogP contribution in [0.25, 0.3) is 22.4 Å².